The molecule has 0 spiro atoms. The highest BCUT2D eigenvalue weighted by atomic mass is 16.7. The quantitative estimate of drug-likeness (QED) is 0.799. The van der Waals surface area contributed by atoms with Crippen LogP contribution in [0.25, 0.3) is 0 Å². The van der Waals surface area contributed by atoms with Gasteiger partial charge in [0.25, 0.3) is 0 Å². The van der Waals surface area contributed by atoms with Gasteiger partial charge in [-0.05, 0) is 5.56 Å². The maximum atomic E-state index is 11.7. The van der Waals surface area contributed by atoms with Gasteiger partial charge in [-0.2, -0.15) is 0 Å². The van der Waals surface area contributed by atoms with Gasteiger partial charge in [0.2, 0.25) is 5.91 Å². The van der Waals surface area contributed by atoms with E-state index < -0.39 is 36.9 Å². The number of aliphatic hydroxyl groups excluding tert-OH is 1. The van der Waals surface area contributed by atoms with E-state index in [9.17, 15) is 9.90 Å². The number of hydrogen-bond acceptors (Lipinski definition) is 6. The summed E-state index contributed by atoms with van der Waals surface area (Å²) in [6, 6.07) is 18.4. The zero-order valence-electron chi connectivity index (χ0n) is 16.1. The van der Waals surface area contributed by atoms with Crippen LogP contribution in [0.1, 0.15) is 24.3 Å². The predicted molar refractivity (Wildman–Crippen MR) is 104 cm³/mol. The van der Waals surface area contributed by atoms with Crippen LogP contribution in [-0.4, -0.2) is 48.3 Å². The van der Waals surface area contributed by atoms with Crippen LogP contribution in [0.4, 0.5) is 0 Å². The van der Waals surface area contributed by atoms with Crippen LogP contribution in [0.5, 0.6) is 0 Å². The van der Waals surface area contributed by atoms with Crippen molar-refractivity contribution in [2.75, 3.05) is 6.61 Å². The minimum Gasteiger partial charge on any atom is -0.388 e. The molecular weight excluding hydrogens is 374 g/mol. The maximum absolute atomic E-state index is 11.7. The number of benzene rings is 2. The first-order valence-corrected chi connectivity index (χ1v) is 9.70. The molecule has 2 heterocycles. The van der Waals surface area contributed by atoms with Gasteiger partial charge in [0.15, 0.2) is 12.6 Å². The number of carbonyl (C=O) groups excluding carboxylic acids is 1. The average Bonchev–Trinajstić information content (AvgIpc) is 2.75. The zero-order valence-corrected chi connectivity index (χ0v) is 16.1. The summed E-state index contributed by atoms with van der Waals surface area (Å²) in [6.07, 6.45) is -3.59. The number of fused-ring (bicyclic) bond motifs is 1. The molecule has 2 aromatic rings. The van der Waals surface area contributed by atoms with Crippen molar-refractivity contribution < 1.29 is 28.8 Å². The van der Waals surface area contributed by atoms with Crippen molar-refractivity contribution in [1.82, 2.24) is 5.32 Å². The van der Waals surface area contributed by atoms with Gasteiger partial charge in [-0.3, -0.25) is 4.79 Å². The van der Waals surface area contributed by atoms with E-state index in [-0.39, 0.29) is 12.5 Å². The fourth-order valence-electron chi connectivity index (χ4n) is 3.65. The molecule has 0 bridgehead atoms. The molecule has 6 atom stereocenters. The van der Waals surface area contributed by atoms with Crippen LogP contribution in [0, 0.1) is 0 Å². The molecule has 0 radical (unpaired) electrons. The number of carbonyl (C=O) groups is 1. The van der Waals surface area contributed by atoms with Crippen LogP contribution in [-0.2, 0) is 30.3 Å². The van der Waals surface area contributed by atoms with Crippen molar-refractivity contribution in [1.29, 1.82) is 0 Å². The van der Waals surface area contributed by atoms with Gasteiger partial charge in [-0.25, -0.2) is 0 Å². The minimum absolute atomic E-state index is 0.249. The summed E-state index contributed by atoms with van der Waals surface area (Å²) in [6.45, 7) is 1.93. The van der Waals surface area contributed by atoms with Crippen molar-refractivity contribution in [2.45, 2.75) is 50.5 Å². The number of hydrogen-bond donors (Lipinski definition) is 2. The summed E-state index contributed by atoms with van der Waals surface area (Å²) >= 11 is 0. The van der Waals surface area contributed by atoms with Crippen LogP contribution >= 0.6 is 0 Å². The van der Waals surface area contributed by atoms with Crippen LogP contribution < -0.4 is 5.32 Å². The van der Waals surface area contributed by atoms with Crippen LogP contribution in [0.2, 0.25) is 0 Å². The van der Waals surface area contributed by atoms with Crippen molar-refractivity contribution in [2.24, 2.45) is 0 Å². The summed E-state index contributed by atoms with van der Waals surface area (Å²) in [7, 11) is 0. The standard InChI is InChI=1S/C22H25NO6/c1-14(24)23-18-19(25)20-17(13-27-21(29-20)16-10-6-3-7-11-16)28-22(18)26-12-15-8-4-2-5-9-15/h2-11,17-22,25H,12-13H2,1H3,(H,23,24)/t17-,18+,19+,20-,21-,22-/m1/s1. The second kappa shape index (κ2) is 9.02. The highest BCUT2D eigenvalue weighted by Gasteiger charge is 2.50. The molecule has 2 N–H and O–H groups in total. The lowest BCUT2D eigenvalue weighted by Gasteiger charge is -2.47. The first kappa shape index (κ1) is 20.0. The highest BCUT2D eigenvalue weighted by Crippen LogP contribution is 2.34. The van der Waals surface area contributed by atoms with Crippen molar-refractivity contribution in [3.05, 3.63) is 71.8 Å². The summed E-state index contributed by atoms with van der Waals surface area (Å²) in [5.74, 6) is -0.281. The lowest BCUT2D eigenvalue weighted by atomic mass is 9.95. The number of ether oxygens (including phenoxy) is 4. The van der Waals surface area contributed by atoms with E-state index in [0.29, 0.717) is 6.61 Å². The summed E-state index contributed by atoms with van der Waals surface area (Å²) in [4.78, 5) is 11.7. The number of rotatable bonds is 5. The minimum atomic E-state index is -1.01. The highest BCUT2D eigenvalue weighted by molar-refractivity contribution is 5.73. The molecule has 154 valence electrons. The van der Waals surface area contributed by atoms with E-state index in [1.54, 1.807) is 0 Å². The Kier molecular flexibility index (Phi) is 6.22. The summed E-state index contributed by atoms with van der Waals surface area (Å²) < 4.78 is 23.8. The van der Waals surface area contributed by atoms with Crippen molar-refractivity contribution in [3.63, 3.8) is 0 Å². The van der Waals surface area contributed by atoms with Crippen molar-refractivity contribution >= 4 is 5.91 Å². The molecule has 7 nitrogen and oxygen atoms in total. The van der Waals surface area contributed by atoms with E-state index >= 15 is 0 Å². The first-order valence-electron chi connectivity index (χ1n) is 9.70. The first-order chi connectivity index (χ1) is 14.1. The Balaban J connectivity index is 1.48. The molecule has 0 aromatic heterocycles. The molecule has 1 amide bonds. The molecule has 2 aromatic carbocycles. The molecule has 2 aliphatic heterocycles. The SMILES string of the molecule is CC(=O)N[C@@H]1[C@H](OCc2ccccc2)O[C@@H]2CO[C@@H](c3ccccc3)O[C@H]2[C@H]1O. The third-order valence-corrected chi connectivity index (χ3v) is 5.06. The third kappa shape index (κ3) is 4.66. The van der Waals surface area contributed by atoms with E-state index in [2.05, 4.69) is 5.32 Å². The monoisotopic (exact) mass is 399 g/mol. The predicted octanol–water partition coefficient (Wildman–Crippen LogP) is 1.91. The van der Waals surface area contributed by atoms with Gasteiger partial charge in [-0.1, -0.05) is 60.7 Å². The Morgan fingerprint density at radius 3 is 2.48 bits per heavy atom. The summed E-state index contributed by atoms with van der Waals surface area (Å²) in [5.41, 5.74) is 1.83. The van der Waals surface area contributed by atoms with Crippen molar-refractivity contribution in [3.8, 4) is 0 Å². The van der Waals surface area contributed by atoms with Crippen LogP contribution in [0.3, 0.4) is 0 Å². The number of nitrogens with one attached hydrogen (secondary N) is 1. The molecule has 2 saturated heterocycles. The molecule has 7 heteroatoms. The molecule has 29 heavy (non-hydrogen) atoms. The van der Waals surface area contributed by atoms with Gasteiger partial charge in [0.05, 0.1) is 13.2 Å². The molecular formula is C22H25NO6. The van der Waals surface area contributed by atoms with E-state index in [0.717, 1.165) is 11.1 Å². The van der Waals surface area contributed by atoms with Gasteiger partial charge < -0.3 is 29.4 Å². The smallest absolute Gasteiger partial charge is 0.217 e. The van der Waals surface area contributed by atoms with Gasteiger partial charge in [0, 0.05) is 12.5 Å². The Hall–Kier alpha value is -2.29. The van der Waals surface area contributed by atoms with Crippen LogP contribution in [0.15, 0.2) is 60.7 Å². The van der Waals surface area contributed by atoms with E-state index in [1.165, 1.54) is 6.92 Å². The van der Waals surface area contributed by atoms with Gasteiger partial charge in [-0.15, -0.1) is 0 Å². The van der Waals surface area contributed by atoms with Gasteiger partial charge in [0.1, 0.15) is 24.4 Å². The lowest BCUT2D eigenvalue weighted by Crippen LogP contribution is -2.66. The normalized spacial score (nSPS) is 31.7. The zero-order chi connectivity index (χ0) is 20.2. The third-order valence-electron chi connectivity index (χ3n) is 5.06. The number of amides is 1. The lowest BCUT2D eigenvalue weighted by molar-refractivity contribution is -0.345. The van der Waals surface area contributed by atoms with E-state index in [4.69, 9.17) is 18.9 Å². The molecule has 2 fully saturated rings. The second-order valence-corrected chi connectivity index (χ2v) is 7.23. The topological polar surface area (TPSA) is 86.3 Å². The summed E-state index contributed by atoms with van der Waals surface area (Å²) in [5, 5.41) is 13.7. The molecule has 2 aliphatic rings. The Morgan fingerprint density at radius 1 is 1.10 bits per heavy atom. The molecule has 0 unspecified atom stereocenters. The Labute approximate surface area is 169 Å². The Morgan fingerprint density at radius 2 is 1.79 bits per heavy atom. The molecule has 0 saturated carbocycles. The number of aliphatic hydroxyl groups is 1. The largest absolute Gasteiger partial charge is 0.388 e. The molecule has 0 aliphatic carbocycles. The average molecular weight is 399 g/mol. The maximum Gasteiger partial charge on any atom is 0.217 e. The van der Waals surface area contributed by atoms with Gasteiger partial charge >= 0.3 is 0 Å². The second-order valence-electron chi connectivity index (χ2n) is 7.23. The fraction of sp³-hybridized carbons (Fsp3) is 0.409. The Bertz CT molecular complexity index is 801. The fourth-order valence-corrected chi connectivity index (χ4v) is 3.65. The van der Waals surface area contributed by atoms with E-state index in [1.807, 2.05) is 60.7 Å². The molecule has 4 rings (SSSR count).